The molecule has 0 radical (unpaired) electrons. The van der Waals surface area contributed by atoms with Crippen molar-refractivity contribution in [1.82, 2.24) is 4.84 Å². The van der Waals surface area contributed by atoms with Gasteiger partial charge in [-0.05, 0) is 41.6 Å². The maximum Gasteiger partial charge on any atom is 0.108 e. The molecule has 1 N–H and O–H groups in total. The number of nitrogens with one attached hydrogen (secondary N) is 1. The van der Waals surface area contributed by atoms with E-state index < -0.39 is 0 Å². The Balaban J connectivity index is 2.84. The molecule has 4 heteroatoms. The topological polar surface area (TPSA) is 41.5 Å². The highest BCUT2D eigenvalue weighted by molar-refractivity contribution is 6.13. The summed E-state index contributed by atoms with van der Waals surface area (Å²) in [6.45, 7) is 1.93. The molecule has 0 spiro atoms. The third-order valence-corrected chi connectivity index (χ3v) is 1.99. The van der Waals surface area contributed by atoms with Gasteiger partial charge in [-0.2, -0.15) is 0 Å². The molecule has 1 rings (SSSR count). The van der Waals surface area contributed by atoms with Gasteiger partial charge in [-0.1, -0.05) is 12.1 Å². The predicted octanol–water partition coefficient (Wildman–Crippen LogP) is 2.89. The Hall–Kier alpha value is -0.930. The summed E-state index contributed by atoms with van der Waals surface area (Å²) in [6.07, 6.45) is 0. The van der Waals surface area contributed by atoms with Crippen LogP contribution < -0.4 is 4.84 Å². The standard InChI is InChI=1S/C8H9ClN2O/c1-6(10-9)7-2-4-8(11-12)5-3-7/h2-6,10H,1H3/t6-/m0/s1. The lowest BCUT2D eigenvalue weighted by Crippen LogP contribution is -2.05. The smallest absolute Gasteiger partial charge is 0.108 e. The maximum atomic E-state index is 10.1. The van der Waals surface area contributed by atoms with Crippen molar-refractivity contribution in [1.29, 1.82) is 0 Å². The van der Waals surface area contributed by atoms with Crippen LogP contribution in [0.4, 0.5) is 5.69 Å². The van der Waals surface area contributed by atoms with Crippen LogP contribution in [0.15, 0.2) is 29.4 Å². The first kappa shape index (κ1) is 9.16. The summed E-state index contributed by atoms with van der Waals surface area (Å²) in [4.78, 5) is 12.6. The van der Waals surface area contributed by atoms with E-state index in [9.17, 15) is 4.91 Å². The molecule has 1 atom stereocenters. The Morgan fingerprint density at radius 3 is 2.42 bits per heavy atom. The van der Waals surface area contributed by atoms with Gasteiger partial charge in [-0.3, -0.25) is 0 Å². The second-order valence-electron chi connectivity index (χ2n) is 2.51. The van der Waals surface area contributed by atoms with E-state index in [0.717, 1.165) is 5.56 Å². The average molecular weight is 185 g/mol. The van der Waals surface area contributed by atoms with Gasteiger partial charge < -0.3 is 0 Å². The van der Waals surface area contributed by atoms with E-state index in [1.54, 1.807) is 12.1 Å². The fourth-order valence-electron chi connectivity index (χ4n) is 0.887. The summed E-state index contributed by atoms with van der Waals surface area (Å²) in [5, 5.41) is 2.79. The fraction of sp³-hybridized carbons (Fsp3) is 0.250. The van der Waals surface area contributed by atoms with Crippen LogP contribution in [0.5, 0.6) is 0 Å². The number of halogens is 1. The second kappa shape index (κ2) is 4.18. The van der Waals surface area contributed by atoms with Crippen LogP contribution in [-0.4, -0.2) is 0 Å². The summed E-state index contributed by atoms with van der Waals surface area (Å²) in [7, 11) is 0. The number of hydrogen-bond acceptors (Lipinski definition) is 3. The molecule has 0 unspecified atom stereocenters. The Labute approximate surface area is 75.8 Å². The predicted molar refractivity (Wildman–Crippen MR) is 49.3 cm³/mol. The van der Waals surface area contributed by atoms with Crippen LogP contribution in [0.3, 0.4) is 0 Å². The van der Waals surface area contributed by atoms with Gasteiger partial charge in [-0.15, -0.1) is 4.91 Å². The summed E-state index contributed by atoms with van der Waals surface area (Å²) < 4.78 is 0. The van der Waals surface area contributed by atoms with E-state index in [4.69, 9.17) is 11.8 Å². The van der Waals surface area contributed by atoms with E-state index in [2.05, 4.69) is 10.0 Å². The number of hydrogen-bond donors (Lipinski definition) is 1. The van der Waals surface area contributed by atoms with Crippen LogP contribution in [0.25, 0.3) is 0 Å². The minimum Gasteiger partial charge on any atom is -0.226 e. The molecule has 0 saturated carbocycles. The third-order valence-electron chi connectivity index (χ3n) is 1.66. The van der Waals surface area contributed by atoms with Gasteiger partial charge in [0.25, 0.3) is 0 Å². The first-order chi connectivity index (χ1) is 5.77. The number of nitroso groups, excluding NO2 is 1. The van der Waals surface area contributed by atoms with Crippen molar-refractivity contribution in [2.24, 2.45) is 5.18 Å². The van der Waals surface area contributed by atoms with Gasteiger partial charge in [0.1, 0.15) is 5.69 Å². The molecule has 0 aliphatic heterocycles. The van der Waals surface area contributed by atoms with E-state index in [1.165, 1.54) is 0 Å². The molecule has 0 aromatic heterocycles. The highest BCUT2D eigenvalue weighted by atomic mass is 35.5. The first-order valence-electron chi connectivity index (χ1n) is 3.57. The number of benzene rings is 1. The number of rotatable bonds is 3. The lowest BCUT2D eigenvalue weighted by molar-refractivity contribution is 0.745. The Bertz CT molecular complexity index is 260. The van der Waals surface area contributed by atoms with Gasteiger partial charge in [0.15, 0.2) is 0 Å². The molecule has 1 aromatic carbocycles. The van der Waals surface area contributed by atoms with Crippen LogP contribution in [-0.2, 0) is 0 Å². The molecule has 0 amide bonds. The van der Waals surface area contributed by atoms with Crippen molar-refractivity contribution in [3.05, 3.63) is 34.7 Å². The highest BCUT2D eigenvalue weighted by Crippen LogP contribution is 2.17. The minimum absolute atomic E-state index is 0.0763. The zero-order chi connectivity index (χ0) is 8.97. The fourth-order valence-corrected chi connectivity index (χ4v) is 1.01. The molecule has 0 aliphatic rings. The molecule has 0 fully saturated rings. The average Bonchev–Trinajstić information content (AvgIpc) is 2.17. The van der Waals surface area contributed by atoms with Crippen LogP contribution in [0.1, 0.15) is 18.5 Å². The van der Waals surface area contributed by atoms with Gasteiger partial charge in [-0.25, -0.2) is 4.84 Å². The molecule has 0 bridgehead atoms. The van der Waals surface area contributed by atoms with Crippen LogP contribution in [0.2, 0.25) is 0 Å². The molecule has 0 aliphatic carbocycles. The van der Waals surface area contributed by atoms with Crippen molar-refractivity contribution < 1.29 is 0 Å². The molecule has 1 aromatic rings. The van der Waals surface area contributed by atoms with Gasteiger partial charge >= 0.3 is 0 Å². The summed E-state index contributed by atoms with van der Waals surface area (Å²) in [5.41, 5.74) is 1.46. The normalized spacial score (nSPS) is 12.5. The van der Waals surface area contributed by atoms with Gasteiger partial charge in [0, 0.05) is 6.04 Å². The van der Waals surface area contributed by atoms with E-state index in [0.29, 0.717) is 5.69 Å². The van der Waals surface area contributed by atoms with E-state index in [-0.39, 0.29) is 6.04 Å². The van der Waals surface area contributed by atoms with Crippen LogP contribution >= 0.6 is 11.8 Å². The Morgan fingerprint density at radius 1 is 1.42 bits per heavy atom. The largest absolute Gasteiger partial charge is 0.226 e. The maximum absolute atomic E-state index is 10.1. The molecule has 3 nitrogen and oxygen atoms in total. The Kier molecular flexibility index (Phi) is 3.19. The SMILES string of the molecule is C[C@H](NCl)c1ccc(N=O)cc1. The summed E-state index contributed by atoms with van der Waals surface area (Å²) >= 11 is 5.43. The summed E-state index contributed by atoms with van der Waals surface area (Å²) in [6, 6.07) is 7.03. The molecular formula is C8H9ClN2O. The highest BCUT2D eigenvalue weighted by Gasteiger charge is 2.02. The van der Waals surface area contributed by atoms with Crippen molar-refractivity contribution in [3.63, 3.8) is 0 Å². The monoisotopic (exact) mass is 184 g/mol. The van der Waals surface area contributed by atoms with Crippen LogP contribution in [0, 0.1) is 4.91 Å². The third kappa shape index (κ3) is 2.03. The van der Waals surface area contributed by atoms with Crippen molar-refractivity contribution in [2.45, 2.75) is 13.0 Å². The molecular weight excluding hydrogens is 176 g/mol. The molecule has 64 valence electrons. The lowest BCUT2D eigenvalue weighted by Gasteiger charge is -2.07. The van der Waals surface area contributed by atoms with Gasteiger partial charge in [0.05, 0.1) is 0 Å². The summed E-state index contributed by atoms with van der Waals surface area (Å²) in [5.74, 6) is 0. The quantitative estimate of drug-likeness (QED) is 0.580. The molecule has 0 saturated heterocycles. The zero-order valence-corrected chi connectivity index (χ0v) is 7.38. The Morgan fingerprint density at radius 2 is 2.00 bits per heavy atom. The second-order valence-corrected chi connectivity index (χ2v) is 2.73. The minimum atomic E-state index is 0.0763. The van der Waals surface area contributed by atoms with E-state index in [1.807, 2.05) is 19.1 Å². The molecule has 0 heterocycles. The van der Waals surface area contributed by atoms with Gasteiger partial charge in [0.2, 0.25) is 0 Å². The lowest BCUT2D eigenvalue weighted by atomic mass is 10.1. The first-order valence-corrected chi connectivity index (χ1v) is 3.95. The van der Waals surface area contributed by atoms with Crippen molar-refractivity contribution in [2.75, 3.05) is 0 Å². The zero-order valence-electron chi connectivity index (χ0n) is 6.62. The number of nitrogens with zero attached hydrogens (tertiary/aromatic N) is 1. The van der Waals surface area contributed by atoms with Crippen molar-refractivity contribution >= 4 is 17.5 Å². The molecule has 12 heavy (non-hydrogen) atoms. The van der Waals surface area contributed by atoms with E-state index >= 15 is 0 Å². The van der Waals surface area contributed by atoms with Crippen molar-refractivity contribution in [3.8, 4) is 0 Å².